The summed E-state index contributed by atoms with van der Waals surface area (Å²) in [4.78, 5) is 20.3. The average molecular weight is 415 g/mol. The SMILES string of the molecule is O=C(O)c1nc(C2CC2)cnc1Nc1cccc(C2=CCOCC2)c1CCC(F)F. The Hall–Kier alpha value is -2.87. The van der Waals surface area contributed by atoms with E-state index in [1.807, 2.05) is 18.2 Å². The molecule has 2 N–H and O–H groups in total. The van der Waals surface area contributed by atoms with Crippen molar-refractivity contribution >= 4 is 23.0 Å². The summed E-state index contributed by atoms with van der Waals surface area (Å²) >= 11 is 0. The molecule has 0 radical (unpaired) electrons. The van der Waals surface area contributed by atoms with Crippen LogP contribution in [0.25, 0.3) is 5.57 Å². The van der Waals surface area contributed by atoms with E-state index in [0.717, 1.165) is 29.5 Å². The van der Waals surface area contributed by atoms with Gasteiger partial charge in [0, 0.05) is 18.0 Å². The first-order chi connectivity index (χ1) is 14.5. The predicted molar refractivity (Wildman–Crippen MR) is 108 cm³/mol. The quantitative estimate of drug-likeness (QED) is 0.645. The molecular weight excluding hydrogens is 392 g/mol. The van der Waals surface area contributed by atoms with Crippen LogP contribution in [-0.4, -0.2) is 40.7 Å². The van der Waals surface area contributed by atoms with Crippen LogP contribution in [0.2, 0.25) is 0 Å². The standard InChI is InChI=1S/C22H23F2N3O3/c23-19(24)7-6-16-15(13-8-10-30-11-9-13)2-1-3-17(16)27-21-20(22(28)29)26-18(12-25-21)14-4-5-14/h1-3,8,12,14,19H,4-7,9-11H2,(H,25,27)(H,28,29). The van der Waals surface area contributed by atoms with Crippen molar-refractivity contribution in [1.82, 2.24) is 9.97 Å². The molecule has 1 aliphatic heterocycles. The Morgan fingerprint density at radius 1 is 1.33 bits per heavy atom. The number of carboxylic acids is 1. The third kappa shape index (κ3) is 4.64. The zero-order valence-corrected chi connectivity index (χ0v) is 16.4. The summed E-state index contributed by atoms with van der Waals surface area (Å²) in [5.41, 5.74) is 3.73. The number of hydrogen-bond acceptors (Lipinski definition) is 5. The number of benzene rings is 1. The normalized spacial score (nSPS) is 16.4. The first kappa shape index (κ1) is 20.4. The molecule has 1 aromatic carbocycles. The van der Waals surface area contributed by atoms with Crippen molar-refractivity contribution in [2.45, 2.75) is 44.4 Å². The molecule has 2 aromatic rings. The van der Waals surface area contributed by atoms with Crippen molar-refractivity contribution < 1.29 is 23.4 Å². The van der Waals surface area contributed by atoms with Gasteiger partial charge in [0.2, 0.25) is 6.43 Å². The van der Waals surface area contributed by atoms with E-state index in [4.69, 9.17) is 4.74 Å². The lowest BCUT2D eigenvalue weighted by molar-refractivity contribution is 0.0691. The number of aromatic carboxylic acids is 1. The summed E-state index contributed by atoms with van der Waals surface area (Å²) in [5.74, 6) is -0.789. The lowest BCUT2D eigenvalue weighted by Gasteiger charge is -2.20. The van der Waals surface area contributed by atoms with Crippen LogP contribution in [0.15, 0.2) is 30.5 Å². The number of ether oxygens (including phenoxy) is 1. The minimum atomic E-state index is -2.43. The van der Waals surface area contributed by atoms with Gasteiger partial charge in [-0.05, 0) is 48.4 Å². The molecule has 2 heterocycles. The third-order valence-corrected chi connectivity index (χ3v) is 5.34. The highest BCUT2D eigenvalue weighted by Crippen LogP contribution is 2.39. The van der Waals surface area contributed by atoms with Gasteiger partial charge < -0.3 is 15.2 Å². The Balaban J connectivity index is 1.71. The van der Waals surface area contributed by atoms with Gasteiger partial charge in [-0.1, -0.05) is 18.2 Å². The molecule has 1 aliphatic carbocycles. The molecular formula is C22H23F2N3O3. The zero-order valence-electron chi connectivity index (χ0n) is 16.4. The van der Waals surface area contributed by atoms with Crippen molar-refractivity contribution in [1.29, 1.82) is 0 Å². The summed E-state index contributed by atoms with van der Waals surface area (Å²) in [6.07, 6.45) is 3.66. The number of nitrogens with one attached hydrogen (secondary N) is 1. The molecule has 0 saturated heterocycles. The topological polar surface area (TPSA) is 84.3 Å². The second-order valence-corrected chi connectivity index (χ2v) is 7.51. The van der Waals surface area contributed by atoms with Crippen LogP contribution in [-0.2, 0) is 11.2 Å². The molecule has 4 rings (SSSR count). The average Bonchev–Trinajstić information content (AvgIpc) is 3.59. The van der Waals surface area contributed by atoms with E-state index in [9.17, 15) is 18.7 Å². The van der Waals surface area contributed by atoms with E-state index >= 15 is 0 Å². The second kappa shape index (κ2) is 8.87. The molecule has 1 saturated carbocycles. The summed E-state index contributed by atoms with van der Waals surface area (Å²) < 4.78 is 31.4. The number of carbonyl (C=O) groups is 1. The highest BCUT2D eigenvalue weighted by molar-refractivity contribution is 5.92. The molecule has 0 spiro atoms. The molecule has 2 aliphatic rings. The molecule has 0 atom stereocenters. The van der Waals surface area contributed by atoms with Crippen molar-refractivity contribution in [3.8, 4) is 0 Å². The number of rotatable bonds is 8. The molecule has 158 valence electrons. The van der Waals surface area contributed by atoms with Crippen LogP contribution in [0, 0.1) is 0 Å². The number of alkyl halides is 2. The zero-order chi connectivity index (χ0) is 21.1. The Labute approximate surface area is 173 Å². The maximum atomic E-state index is 13.0. The van der Waals surface area contributed by atoms with Gasteiger partial charge in [0.1, 0.15) is 0 Å². The highest BCUT2D eigenvalue weighted by Gasteiger charge is 2.28. The van der Waals surface area contributed by atoms with Gasteiger partial charge in [-0.15, -0.1) is 0 Å². The fourth-order valence-corrected chi connectivity index (χ4v) is 3.65. The van der Waals surface area contributed by atoms with Crippen LogP contribution >= 0.6 is 0 Å². The summed E-state index contributed by atoms with van der Waals surface area (Å²) in [6, 6.07) is 5.49. The molecule has 8 heteroatoms. The van der Waals surface area contributed by atoms with Gasteiger partial charge in [0.05, 0.1) is 25.1 Å². The molecule has 1 fully saturated rings. The maximum absolute atomic E-state index is 13.0. The monoisotopic (exact) mass is 415 g/mol. The van der Waals surface area contributed by atoms with Gasteiger partial charge >= 0.3 is 5.97 Å². The molecule has 0 amide bonds. The number of anilines is 2. The van der Waals surface area contributed by atoms with Gasteiger partial charge in [0.15, 0.2) is 11.5 Å². The number of nitrogens with zero attached hydrogens (tertiary/aromatic N) is 2. The molecule has 0 unspecified atom stereocenters. The smallest absolute Gasteiger partial charge is 0.358 e. The Bertz CT molecular complexity index is 974. The van der Waals surface area contributed by atoms with Crippen LogP contribution < -0.4 is 5.32 Å². The van der Waals surface area contributed by atoms with Crippen LogP contribution in [0.4, 0.5) is 20.3 Å². The van der Waals surface area contributed by atoms with Crippen molar-refractivity contribution in [2.75, 3.05) is 18.5 Å². The number of hydrogen-bond donors (Lipinski definition) is 2. The van der Waals surface area contributed by atoms with Gasteiger partial charge in [-0.2, -0.15) is 0 Å². The van der Waals surface area contributed by atoms with Crippen molar-refractivity contribution in [3.63, 3.8) is 0 Å². The van der Waals surface area contributed by atoms with Gasteiger partial charge in [-0.3, -0.25) is 0 Å². The number of aromatic nitrogens is 2. The van der Waals surface area contributed by atoms with E-state index in [1.165, 1.54) is 0 Å². The summed E-state index contributed by atoms with van der Waals surface area (Å²) in [6.45, 7) is 1.06. The number of carboxylic acid groups (broad SMARTS) is 1. The van der Waals surface area contributed by atoms with E-state index < -0.39 is 12.4 Å². The minimum Gasteiger partial charge on any atom is -0.476 e. The minimum absolute atomic E-state index is 0.114. The molecule has 1 aromatic heterocycles. The largest absolute Gasteiger partial charge is 0.476 e. The predicted octanol–water partition coefficient (Wildman–Crippen LogP) is 4.80. The first-order valence-electron chi connectivity index (χ1n) is 10.1. The van der Waals surface area contributed by atoms with Crippen LogP contribution in [0.3, 0.4) is 0 Å². The lowest BCUT2D eigenvalue weighted by Crippen LogP contribution is -2.12. The van der Waals surface area contributed by atoms with Gasteiger partial charge in [-0.25, -0.2) is 23.5 Å². The number of halogens is 2. The van der Waals surface area contributed by atoms with Crippen LogP contribution in [0.5, 0.6) is 0 Å². The van der Waals surface area contributed by atoms with Crippen molar-refractivity contribution in [3.05, 3.63) is 53.0 Å². The summed E-state index contributed by atoms with van der Waals surface area (Å²) in [5, 5.41) is 12.7. The Morgan fingerprint density at radius 2 is 2.17 bits per heavy atom. The third-order valence-electron chi connectivity index (χ3n) is 5.34. The van der Waals surface area contributed by atoms with Gasteiger partial charge in [0.25, 0.3) is 0 Å². The lowest BCUT2D eigenvalue weighted by atomic mass is 9.92. The van der Waals surface area contributed by atoms with E-state index in [0.29, 0.717) is 31.0 Å². The Kier molecular flexibility index (Phi) is 6.03. The highest BCUT2D eigenvalue weighted by atomic mass is 19.3. The maximum Gasteiger partial charge on any atom is 0.358 e. The molecule has 30 heavy (non-hydrogen) atoms. The Morgan fingerprint density at radius 3 is 2.83 bits per heavy atom. The molecule has 0 bridgehead atoms. The fraction of sp³-hybridized carbons (Fsp3) is 0.409. The first-order valence-corrected chi connectivity index (χ1v) is 10.1. The van der Waals surface area contributed by atoms with Crippen molar-refractivity contribution in [2.24, 2.45) is 0 Å². The second-order valence-electron chi connectivity index (χ2n) is 7.51. The van der Waals surface area contributed by atoms with Crippen LogP contribution in [0.1, 0.15) is 58.9 Å². The van der Waals surface area contributed by atoms with E-state index in [1.54, 1.807) is 12.3 Å². The summed E-state index contributed by atoms with van der Waals surface area (Å²) in [7, 11) is 0. The van der Waals surface area contributed by atoms with E-state index in [-0.39, 0.29) is 30.3 Å². The molecule has 6 nitrogen and oxygen atoms in total. The fourth-order valence-electron chi connectivity index (χ4n) is 3.65. The van der Waals surface area contributed by atoms with E-state index in [2.05, 4.69) is 15.3 Å².